The first-order valence-electron chi connectivity index (χ1n) is 10.3. The van der Waals surface area contributed by atoms with Gasteiger partial charge in [0.05, 0.1) is 19.3 Å². The maximum absolute atomic E-state index is 13.9. The van der Waals surface area contributed by atoms with Gasteiger partial charge in [-0.05, 0) is 42.3 Å². The van der Waals surface area contributed by atoms with Crippen LogP contribution < -0.4 is 15.4 Å². The normalized spacial score (nSPS) is 18.7. The molecular formula is C23H23F3N4O3. The minimum absolute atomic E-state index is 0.104. The highest BCUT2D eigenvalue weighted by molar-refractivity contribution is 6.03. The summed E-state index contributed by atoms with van der Waals surface area (Å²) in [5.74, 6) is 0.0567. The SMILES string of the molecule is COc1ccc([C@@H]2C[C@@H](C(F)(F)F)n3nc(C(=O)Nc4cccc([C@@H](C)O)c4)cc3N2)cc1. The number of methoxy groups -OCH3 is 1. The first-order chi connectivity index (χ1) is 15.7. The van der Waals surface area contributed by atoms with Crippen LogP contribution in [0.1, 0.15) is 53.1 Å². The highest BCUT2D eigenvalue weighted by Gasteiger charge is 2.46. The number of fused-ring (bicyclic) bond motifs is 1. The van der Waals surface area contributed by atoms with E-state index in [0.29, 0.717) is 22.6 Å². The van der Waals surface area contributed by atoms with Crippen molar-refractivity contribution in [3.63, 3.8) is 0 Å². The van der Waals surface area contributed by atoms with Gasteiger partial charge < -0.3 is 20.5 Å². The summed E-state index contributed by atoms with van der Waals surface area (Å²) < 4.78 is 47.6. The van der Waals surface area contributed by atoms with Crippen LogP contribution in [0.25, 0.3) is 0 Å². The van der Waals surface area contributed by atoms with Gasteiger partial charge in [-0.3, -0.25) is 4.79 Å². The van der Waals surface area contributed by atoms with E-state index >= 15 is 0 Å². The van der Waals surface area contributed by atoms with Crippen LogP contribution in [0, 0.1) is 0 Å². The molecule has 3 atom stereocenters. The van der Waals surface area contributed by atoms with E-state index in [1.165, 1.54) is 13.2 Å². The van der Waals surface area contributed by atoms with Crippen LogP contribution >= 0.6 is 0 Å². The van der Waals surface area contributed by atoms with E-state index in [4.69, 9.17) is 4.74 Å². The molecular weight excluding hydrogens is 437 g/mol. The molecule has 0 fully saturated rings. The summed E-state index contributed by atoms with van der Waals surface area (Å²) in [6, 6.07) is 12.2. The fourth-order valence-electron chi connectivity index (χ4n) is 3.81. The van der Waals surface area contributed by atoms with Crippen LogP contribution in [0.15, 0.2) is 54.6 Å². The quantitative estimate of drug-likeness (QED) is 0.506. The van der Waals surface area contributed by atoms with Gasteiger partial charge in [0, 0.05) is 18.2 Å². The summed E-state index contributed by atoms with van der Waals surface area (Å²) in [6.45, 7) is 1.59. The summed E-state index contributed by atoms with van der Waals surface area (Å²) in [5, 5.41) is 19.4. The number of rotatable bonds is 5. The average molecular weight is 460 g/mol. The maximum Gasteiger partial charge on any atom is 0.410 e. The number of aliphatic hydroxyl groups is 1. The van der Waals surface area contributed by atoms with Crippen molar-refractivity contribution in [2.75, 3.05) is 17.7 Å². The average Bonchev–Trinajstić information content (AvgIpc) is 3.22. The third-order valence-electron chi connectivity index (χ3n) is 5.57. The molecule has 4 rings (SSSR count). The number of amides is 1. The molecule has 0 spiro atoms. The molecule has 2 aromatic carbocycles. The summed E-state index contributed by atoms with van der Waals surface area (Å²) in [5.41, 5.74) is 1.52. The standard InChI is InChI=1S/C23H23F3N4O3/c1-13(31)15-4-3-5-16(10-15)27-22(32)19-12-21-28-18(14-6-8-17(33-2)9-7-14)11-20(23(24,25)26)30(21)29-19/h3-10,12-13,18,20,28,31H,11H2,1-2H3,(H,27,32)/t13-,18+,20+/m1/s1. The lowest BCUT2D eigenvalue weighted by molar-refractivity contribution is -0.173. The van der Waals surface area contributed by atoms with Crippen molar-refractivity contribution in [3.8, 4) is 5.75 Å². The number of hydrogen-bond donors (Lipinski definition) is 3. The number of halogens is 3. The van der Waals surface area contributed by atoms with E-state index in [1.54, 1.807) is 55.5 Å². The second-order valence-electron chi connectivity index (χ2n) is 7.88. The largest absolute Gasteiger partial charge is 0.497 e. The lowest BCUT2D eigenvalue weighted by Gasteiger charge is -2.33. The van der Waals surface area contributed by atoms with Gasteiger partial charge in [-0.25, -0.2) is 4.68 Å². The number of carbonyl (C=O) groups is 1. The monoisotopic (exact) mass is 460 g/mol. The molecule has 0 unspecified atom stereocenters. The highest BCUT2D eigenvalue weighted by Crippen LogP contribution is 2.43. The molecule has 1 aromatic heterocycles. The highest BCUT2D eigenvalue weighted by atomic mass is 19.4. The first-order valence-corrected chi connectivity index (χ1v) is 10.3. The predicted octanol–water partition coefficient (Wildman–Crippen LogP) is 4.86. The van der Waals surface area contributed by atoms with Gasteiger partial charge in [0.1, 0.15) is 11.6 Å². The third-order valence-corrected chi connectivity index (χ3v) is 5.57. The molecule has 0 saturated carbocycles. The second-order valence-corrected chi connectivity index (χ2v) is 7.88. The number of nitrogens with one attached hydrogen (secondary N) is 2. The molecule has 1 aliphatic rings. The molecule has 0 saturated heterocycles. The Morgan fingerprint density at radius 1 is 1.24 bits per heavy atom. The van der Waals surface area contributed by atoms with Crippen molar-refractivity contribution in [2.24, 2.45) is 0 Å². The van der Waals surface area contributed by atoms with E-state index in [9.17, 15) is 23.1 Å². The van der Waals surface area contributed by atoms with Gasteiger partial charge in [0.25, 0.3) is 5.91 Å². The van der Waals surface area contributed by atoms with Crippen molar-refractivity contribution in [2.45, 2.75) is 37.7 Å². The van der Waals surface area contributed by atoms with E-state index in [2.05, 4.69) is 15.7 Å². The molecule has 2 heterocycles. The predicted molar refractivity (Wildman–Crippen MR) is 116 cm³/mol. The van der Waals surface area contributed by atoms with Crippen molar-refractivity contribution >= 4 is 17.4 Å². The number of aliphatic hydroxyl groups excluding tert-OH is 1. The first kappa shape index (κ1) is 22.7. The van der Waals surface area contributed by atoms with Crippen molar-refractivity contribution in [3.05, 3.63) is 71.4 Å². The van der Waals surface area contributed by atoms with Gasteiger partial charge in [0.15, 0.2) is 11.7 Å². The van der Waals surface area contributed by atoms with Crippen LogP contribution in [-0.2, 0) is 0 Å². The van der Waals surface area contributed by atoms with E-state index in [0.717, 1.165) is 4.68 Å². The zero-order chi connectivity index (χ0) is 23.8. The topological polar surface area (TPSA) is 88.4 Å². The molecule has 33 heavy (non-hydrogen) atoms. The lowest BCUT2D eigenvalue weighted by Crippen LogP contribution is -2.35. The molecule has 0 bridgehead atoms. The Balaban J connectivity index is 1.61. The van der Waals surface area contributed by atoms with Crippen molar-refractivity contribution in [1.29, 1.82) is 0 Å². The molecule has 0 aliphatic carbocycles. The van der Waals surface area contributed by atoms with Crippen molar-refractivity contribution < 1.29 is 27.8 Å². The molecule has 3 aromatic rings. The van der Waals surface area contributed by atoms with Crippen LogP contribution in [0.3, 0.4) is 0 Å². The molecule has 1 aliphatic heterocycles. The van der Waals surface area contributed by atoms with Gasteiger partial charge in [0.2, 0.25) is 0 Å². The maximum atomic E-state index is 13.9. The van der Waals surface area contributed by atoms with E-state index < -0.39 is 30.3 Å². The number of anilines is 2. The lowest BCUT2D eigenvalue weighted by atomic mass is 9.97. The van der Waals surface area contributed by atoms with Gasteiger partial charge >= 0.3 is 6.18 Å². The third kappa shape index (κ3) is 4.80. The van der Waals surface area contributed by atoms with Crippen LogP contribution in [0.5, 0.6) is 5.75 Å². The zero-order valence-corrected chi connectivity index (χ0v) is 17.9. The number of ether oxygens (including phenoxy) is 1. The van der Waals surface area contributed by atoms with Crippen LogP contribution in [0.4, 0.5) is 24.7 Å². The molecule has 10 heteroatoms. The molecule has 3 N–H and O–H groups in total. The Kier molecular flexibility index (Phi) is 6.03. The summed E-state index contributed by atoms with van der Waals surface area (Å²) in [6.07, 6.45) is -5.55. The molecule has 0 radical (unpaired) electrons. The Bertz CT molecular complexity index is 1140. The smallest absolute Gasteiger partial charge is 0.410 e. The summed E-state index contributed by atoms with van der Waals surface area (Å²) >= 11 is 0. The number of benzene rings is 2. The number of nitrogens with zero attached hydrogens (tertiary/aromatic N) is 2. The number of carbonyl (C=O) groups excluding carboxylic acids is 1. The summed E-state index contributed by atoms with van der Waals surface area (Å²) in [4.78, 5) is 12.7. The number of alkyl halides is 3. The second kappa shape index (κ2) is 8.78. The number of hydrogen-bond acceptors (Lipinski definition) is 5. The van der Waals surface area contributed by atoms with Crippen LogP contribution in [-0.4, -0.2) is 34.1 Å². The molecule has 174 valence electrons. The Labute approximate surface area is 188 Å². The van der Waals surface area contributed by atoms with Gasteiger partial charge in [-0.15, -0.1) is 0 Å². The summed E-state index contributed by atoms with van der Waals surface area (Å²) in [7, 11) is 1.51. The fraction of sp³-hybridized carbons (Fsp3) is 0.304. The zero-order valence-electron chi connectivity index (χ0n) is 17.9. The minimum Gasteiger partial charge on any atom is -0.497 e. The van der Waals surface area contributed by atoms with Gasteiger partial charge in [-0.1, -0.05) is 24.3 Å². The number of aromatic nitrogens is 2. The van der Waals surface area contributed by atoms with Gasteiger partial charge in [-0.2, -0.15) is 18.3 Å². The Morgan fingerprint density at radius 3 is 2.61 bits per heavy atom. The van der Waals surface area contributed by atoms with E-state index in [-0.39, 0.29) is 17.9 Å². The Hall–Kier alpha value is -3.53. The molecule has 1 amide bonds. The van der Waals surface area contributed by atoms with Crippen molar-refractivity contribution in [1.82, 2.24) is 9.78 Å². The Morgan fingerprint density at radius 2 is 1.97 bits per heavy atom. The van der Waals surface area contributed by atoms with Crippen LogP contribution in [0.2, 0.25) is 0 Å². The van der Waals surface area contributed by atoms with E-state index in [1.807, 2.05) is 0 Å². The minimum atomic E-state index is -4.55. The fourth-order valence-corrected chi connectivity index (χ4v) is 3.81. The molecule has 7 nitrogen and oxygen atoms in total.